The third-order valence-electron chi connectivity index (χ3n) is 4.51. The Morgan fingerprint density at radius 1 is 1.11 bits per heavy atom. The summed E-state index contributed by atoms with van der Waals surface area (Å²) in [6.07, 6.45) is 5.27. The highest BCUT2D eigenvalue weighted by Gasteiger charge is 2.46. The van der Waals surface area contributed by atoms with Crippen molar-refractivity contribution >= 4 is 0 Å². The highest BCUT2D eigenvalue weighted by atomic mass is 16.5. The van der Waals surface area contributed by atoms with Gasteiger partial charge in [-0.15, -0.1) is 0 Å². The Balaban J connectivity index is 2.20. The zero-order chi connectivity index (χ0) is 13.9. The van der Waals surface area contributed by atoms with Crippen LogP contribution < -0.4 is 4.74 Å². The highest BCUT2D eigenvalue weighted by molar-refractivity contribution is 5.32. The number of aliphatic hydroxyl groups is 1. The molecule has 2 rings (SSSR count). The van der Waals surface area contributed by atoms with Crippen LogP contribution in [0.4, 0.5) is 0 Å². The summed E-state index contributed by atoms with van der Waals surface area (Å²) in [6.45, 7) is 7.19. The minimum atomic E-state index is -0.700. The molecule has 0 saturated heterocycles. The largest absolute Gasteiger partial charge is 0.494 e. The van der Waals surface area contributed by atoms with E-state index in [0.29, 0.717) is 0 Å². The van der Waals surface area contributed by atoms with Crippen LogP contribution in [0.5, 0.6) is 5.75 Å². The van der Waals surface area contributed by atoms with Crippen LogP contribution in [-0.2, 0) is 5.60 Å². The summed E-state index contributed by atoms with van der Waals surface area (Å²) in [7, 11) is 0. The molecule has 2 nitrogen and oxygen atoms in total. The van der Waals surface area contributed by atoms with Crippen molar-refractivity contribution in [3.63, 3.8) is 0 Å². The fourth-order valence-electron chi connectivity index (χ4n) is 3.07. The molecule has 1 atom stereocenters. The lowest BCUT2D eigenvalue weighted by atomic mass is 9.62. The zero-order valence-corrected chi connectivity index (χ0v) is 12.4. The molecular formula is C17H26O2. The maximum absolute atomic E-state index is 11.1. The molecule has 2 heteroatoms. The molecular weight excluding hydrogens is 236 g/mol. The van der Waals surface area contributed by atoms with E-state index in [1.54, 1.807) is 0 Å². The standard InChI is InChI=1S/C17H26O2/c1-4-13-19-15-9-7-14(8-10-15)17(18)12-6-5-11-16(17,2)3/h7-10,18H,4-6,11-13H2,1-3H3. The van der Waals surface area contributed by atoms with E-state index in [9.17, 15) is 5.11 Å². The smallest absolute Gasteiger partial charge is 0.119 e. The minimum absolute atomic E-state index is 0.0585. The maximum Gasteiger partial charge on any atom is 0.119 e. The average molecular weight is 262 g/mol. The van der Waals surface area contributed by atoms with Gasteiger partial charge in [-0.25, -0.2) is 0 Å². The number of benzene rings is 1. The van der Waals surface area contributed by atoms with Crippen molar-refractivity contribution in [2.24, 2.45) is 5.41 Å². The number of ether oxygens (including phenoxy) is 1. The van der Waals surface area contributed by atoms with Crippen LogP contribution in [0, 0.1) is 5.41 Å². The van der Waals surface area contributed by atoms with Crippen molar-refractivity contribution in [2.45, 2.75) is 58.5 Å². The number of hydrogen-bond donors (Lipinski definition) is 1. The molecule has 1 aromatic rings. The first-order valence-electron chi connectivity index (χ1n) is 7.45. The van der Waals surface area contributed by atoms with E-state index in [0.717, 1.165) is 43.6 Å². The van der Waals surface area contributed by atoms with Crippen LogP contribution in [0.3, 0.4) is 0 Å². The van der Waals surface area contributed by atoms with Gasteiger partial charge in [0.2, 0.25) is 0 Å². The Morgan fingerprint density at radius 3 is 2.32 bits per heavy atom. The van der Waals surface area contributed by atoms with E-state index < -0.39 is 5.60 Å². The first kappa shape index (κ1) is 14.4. The normalized spacial score (nSPS) is 26.1. The van der Waals surface area contributed by atoms with Crippen molar-refractivity contribution in [3.8, 4) is 5.75 Å². The molecule has 1 aliphatic carbocycles. The molecule has 1 aromatic carbocycles. The third-order valence-corrected chi connectivity index (χ3v) is 4.51. The van der Waals surface area contributed by atoms with Crippen molar-refractivity contribution in [2.75, 3.05) is 6.61 Å². The quantitative estimate of drug-likeness (QED) is 0.878. The molecule has 1 N–H and O–H groups in total. The zero-order valence-electron chi connectivity index (χ0n) is 12.4. The third kappa shape index (κ3) is 2.79. The molecule has 0 bridgehead atoms. The Hall–Kier alpha value is -1.02. The van der Waals surface area contributed by atoms with Crippen LogP contribution in [0.25, 0.3) is 0 Å². The molecule has 1 aliphatic rings. The summed E-state index contributed by atoms with van der Waals surface area (Å²) in [6, 6.07) is 8.01. The molecule has 106 valence electrons. The summed E-state index contributed by atoms with van der Waals surface area (Å²) in [5, 5.41) is 11.1. The van der Waals surface area contributed by atoms with Gasteiger partial charge in [-0.1, -0.05) is 45.7 Å². The second-order valence-corrected chi connectivity index (χ2v) is 6.32. The van der Waals surface area contributed by atoms with Gasteiger partial charge in [-0.2, -0.15) is 0 Å². The Kier molecular flexibility index (Phi) is 4.19. The summed E-state index contributed by atoms with van der Waals surface area (Å²) >= 11 is 0. The van der Waals surface area contributed by atoms with Crippen molar-refractivity contribution in [1.82, 2.24) is 0 Å². The molecule has 0 aromatic heterocycles. The van der Waals surface area contributed by atoms with E-state index in [4.69, 9.17) is 4.74 Å². The molecule has 0 amide bonds. The lowest BCUT2D eigenvalue weighted by Crippen LogP contribution is -2.44. The number of rotatable bonds is 4. The second-order valence-electron chi connectivity index (χ2n) is 6.32. The summed E-state index contributed by atoms with van der Waals surface area (Å²) in [5.74, 6) is 0.891. The van der Waals surface area contributed by atoms with E-state index in [1.165, 1.54) is 6.42 Å². The molecule has 1 saturated carbocycles. The van der Waals surface area contributed by atoms with Gasteiger partial charge in [-0.05, 0) is 42.4 Å². The molecule has 1 unspecified atom stereocenters. The Bertz CT molecular complexity index is 408. The second kappa shape index (κ2) is 5.54. The topological polar surface area (TPSA) is 29.5 Å². The monoisotopic (exact) mass is 262 g/mol. The Morgan fingerprint density at radius 2 is 1.74 bits per heavy atom. The van der Waals surface area contributed by atoms with E-state index >= 15 is 0 Å². The van der Waals surface area contributed by atoms with E-state index in [2.05, 4.69) is 20.8 Å². The van der Waals surface area contributed by atoms with Gasteiger partial charge in [-0.3, -0.25) is 0 Å². The maximum atomic E-state index is 11.1. The van der Waals surface area contributed by atoms with Crippen LogP contribution in [0.1, 0.15) is 58.4 Å². The van der Waals surface area contributed by atoms with Crippen LogP contribution in [-0.4, -0.2) is 11.7 Å². The van der Waals surface area contributed by atoms with Gasteiger partial charge in [0.15, 0.2) is 0 Å². The van der Waals surface area contributed by atoms with Crippen molar-refractivity contribution in [3.05, 3.63) is 29.8 Å². The lowest BCUT2D eigenvalue weighted by Gasteiger charge is -2.47. The van der Waals surface area contributed by atoms with Gasteiger partial charge < -0.3 is 9.84 Å². The SMILES string of the molecule is CCCOc1ccc(C2(O)CCCCC2(C)C)cc1. The van der Waals surface area contributed by atoms with Crippen LogP contribution in [0.2, 0.25) is 0 Å². The minimum Gasteiger partial charge on any atom is -0.494 e. The Labute approximate surface area is 116 Å². The van der Waals surface area contributed by atoms with Gasteiger partial charge in [0.25, 0.3) is 0 Å². The van der Waals surface area contributed by atoms with E-state index in [1.807, 2.05) is 24.3 Å². The molecule has 0 heterocycles. The fourth-order valence-corrected chi connectivity index (χ4v) is 3.07. The molecule has 0 radical (unpaired) electrons. The van der Waals surface area contributed by atoms with Gasteiger partial charge in [0.05, 0.1) is 12.2 Å². The van der Waals surface area contributed by atoms with Crippen LogP contribution in [0.15, 0.2) is 24.3 Å². The summed E-state index contributed by atoms with van der Waals surface area (Å²) in [5.41, 5.74) is 0.270. The summed E-state index contributed by atoms with van der Waals surface area (Å²) in [4.78, 5) is 0. The first-order valence-corrected chi connectivity index (χ1v) is 7.45. The van der Waals surface area contributed by atoms with Crippen molar-refractivity contribution in [1.29, 1.82) is 0 Å². The van der Waals surface area contributed by atoms with Gasteiger partial charge >= 0.3 is 0 Å². The molecule has 19 heavy (non-hydrogen) atoms. The van der Waals surface area contributed by atoms with E-state index in [-0.39, 0.29) is 5.41 Å². The first-order chi connectivity index (χ1) is 8.99. The van der Waals surface area contributed by atoms with Gasteiger partial charge in [0, 0.05) is 0 Å². The number of hydrogen-bond acceptors (Lipinski definition) is 2. The lowest BCUT2D eigenvalue weighted by molar-refractivity contribution is -0.103. The van der Waals surface area contributed by atoms with Crippen LogP contribution >= 0.6 is 0 Å². The predicted molar refractivity (Wildman–Crippen MR) is 78.4 cm³/mol. The predicted octanol–water partition coefficient (Wildman–Crippen LogP) is 4.26. The highest BCUT2D eigenvalue weighted by Crippen LogP contribution is 2.50. The average Bonchev–Trinajstić information content (AvgIpc) is 2.40. The molecule has 1 fully saturated rings. The molecule has 0 spiro atoms. The molecule has 0 aliphatic heterocycles. The fraction of sp³-hybridized carbons (Fsp3) is 0.647. The summed E-state index contributed by atoms with van der Waals surface area (Å²) < 4.78 is 5.60. The van der Waals surface area contributed by atoms with Gasteiger partial charge in [0.1, 0.15) is 5.75 Å². The van der Waals surface area contributed by atoms with Crippen molar-refractivity contribution < 1.29 is 9.84 Å².